The second kappa shape index (κ2) is 8.42. The number of hydrogen-bond donors (Lipinski definition) is 2. The normalized spacial score (nSPS) is 11.9. The maximum Gasteiger partial charge on any atom is 0.341 e. The van der Waals surface area contributed by atoms with Gasteiger partial charge in [-0.25, -0.2) is 19.5 Å². The summed E-state index contributed by atoms with van der Waals surface area (Å²) in [6, 6.07) is 10.5. The molecule has 3 aromatic rings. The first-order chi connectivity index (χ1) is 15.4. The predicted molar refractivity (Wildman–Crippen MR) is 115 cm³/mol. The molecule has 0 spiro atoms. The Hall–Kier alpha value is -4.34. The van der Waals surface area contributed by atoms with Crippen molar-refractivity contribution in [3.8, 4) is 11.5 Å². The minimum atomic E-state index is -0.856. The number of fused-ring (bicyclic) bond motifs is 2. The van der Waals surface area contributed by atoms with E-state index < -0.39 is 17.9 Å². The maximum atomic E-state index is 12.7. The van der Waals surface area contributed by atoms with Crippen LogP contribution in [0.15, 0.2) is 42.5 Å². The first-order valence-electron chi connectivity index (χ1n) is 9.75. The second-order valence-corrected chi connectivity index (χ2v) is 6.96. The summed E-state index contributed by atoms with van der Waals surface area (Å²) in [6.45, 7) is 1.89. The quantitative estimate of drug-likeness (QED) is 0.564. The number of pyridine rings is 1. The molecule has 0 aliphatic carbocycles. The van der Waals surface area contributed by atoms with Crippen LogP contribution < -0.4 is 25.8 Å². The SMILES string of the molecule is CCOC(=O)c1cc2cc3c(cc2nc1N(C(N)=O)c1ccc(CC(N)=O)cc1)OCO3. The molecule has 164 valence electrons. The number of primary amides is 2. The van der Waals surface area contributed by atoms with Gasteiger partial charge in [-0.15, -0.1) is 0 Å². The summed E-state index contributed by atoms with van der Waals surface area (Å²) in [7, 11) is 0. The first kappa shape index (κ1) is 20.9. The number of carbonyl (C=O) groups excluding carboxylic acids is 3. The molecule has 32 heavy (non-hydrogen) atoms. The molecule has 0 atom stereocenters. The van der Waals surface area contributed by atoms with E-state index >= 15 is 0 Å². The lowest BCUT2D eigenvalue weighted by molar-refractivity contribution is -0.117. The topological polar surface area (TPSA) is 147 Å². The summed E-state index contributed by atoms with van der Waals surface area (Å²) >= 11 is 0. The number of nitrogens with two attached hydrogens (primary N) is 2. The fourth-order valence-electron chi connectivity index (χ4n) is 3.40. The highest BCUT2D eigenvalue weighted by Crippen LogP contribution is 2.38. The Labute approximate surface area is 182 Å². The van der Waals surface area contributed by atoms with Crippen LogP contribution in [0.4, 0.5) is 16.3 Å². The van der Waals surface area contributed by atoms with Gasteiger partial charge >= 0.3 is 12.0 Å². The molecule has 0 bridgehead atoms. The molecule has 4 rings (SSSR count). The summed E-state index contributed by atoms with van der Waals surface area (Å²) in [5, 5.41) is 0.599. The Morgan fingerprint density at radius 1 is 1.06 bits per heavy atom. The van der Waals surface area contributed by atoms with Crippen molar-refractivity contribution in [2.45, 2.75) is 13.3 Å². The number of benzene rings is 2. The van der Waals surface area contributed by atoms with Gasteiger partial charge in [0.05, 0.1) is 24.2 Å². The molecular formula is C22H20N4O6. The van der Waals surface area contributed by atoms with Crippen LogP contribution in [0, 0.1) is 0 Å². The minimum Gasteiger partial charge on any atom is -0.462 e. The van der Waals surface area contributed by atoms with Gasteiger partial charge < -0.3 is 25.7 Å². The van der Waals surface area contributed by atoms with Crippen molar-refractivity contribution in [3.63, 3.8) is 0 Å². The van der Waals surface area contributed by atoms with Gasteiger partial charge in [0.2, 0.25) is 12.7 Å². The third-order valence-electron chi connectivity index (χ3n) is 4.79. The number of urea groups is 1. The Kier molecular flexibility index (Phi) is 5.50. The van der Waals surface area contributed by atoms with Crippen LogP contribution in [0.2, 0.25) is 0 Å². The third kappa shape index (κ3) is 3.97. The van der Waals surface area contributed by atoms with Gasteiger partial charge in [-0.3, -0.25) is 4.79 Å². The highest BCUT2D eigenvalue weighted by Gasteiger charge is 2.26. The zero-order chi connectivity index (χ0) is 22.8. The highest BCUT2D eigenvalue weighted by atomic mass is 16.7. The molecule has 1 aliphatic heterocycles. The van der Waals surface area contributed by atoms with E-state index in [1.807, 2.05) is 0 Å². The van der Waals surface area contributed by atoms with Crippen LogP contribution in [0.1, 0.15) is 22.8 Å². The van der Waals surface area contributed by atoms with Crippen molar-refractivity contribution in [1.82, 2.24) is 4.98 Å². The lowest BCUT2D eigenvalue weighted by Gasteiger charge is -2.22. The summed E-state index contributed by atoms with van der Waals surface area (Å²) in [4.78, 5) is 42.0. The van der Waals surface area contributed by atoms with E-state index in [2.05, 4.69) is 4.98 Å². The largest absolute Gasteiger partial charge is 0.462 e. The summed E-state index contributed by atoms with van der Waals surface area (Å²) in [6.07, 6.45) is 0.0479. The molecule has 0 fully saturated rings. The molecule has 0 radical (unpaired) electrons. The van der Waals surface area contributed by atoms with Crippen LogP contribution >= 0.6 is 0 Å². The molecule has 10 nitrogen and oxygen atoms in total. The summed E-state index contributed by atoms with van der Waals surface area (Å²) in [5.74, 6) is -0.111. The number of ether oxygens (including phenoxy) is 3. The van der Waals surface area contributed by atoms with Crippen LogP contribution in [0.3, 0.4) is 0 Å². The number of rotatable bonds is 6. The lowest BCUT2D eigenvalue weighted by Crippen LogP contribution is -2.33. The summed E-state index contributed by atoms with van der Waals surface area (Å²) in [5.41, 5.74) is 12.4. The molecule has 1 aromatic heterocycles. The van der Waals surface area contributed by atoms with Crippen molar-refractivity contribution >= 4 is 40.3 Å². The number of nitrogens with zero attached hydrogens (tertiary/aromatic N) is 2. The number of aromatic nitrogens is 1. The van der Waals surface area contributed by atoms with Crippen LogP contribution in [-0.2, 0) is 16.0 Å². The Morgan fingerprint density at radius 2 is 1.75 bits per heavy atom. The fraction of sp³-hybridized carbons (Fsp3) is 0.182. The first-order valence-corrected chi connectivity index (χ1v) is 9.75. The van der Waals surface area contributed by atoms with Gasteiger partial charge in [0.1, 0.15) is 5.56 Å². The van der Waals surface area contributed by atoms with Gasteiger partial charge in [-0.05, 0) is 36.8 Å². The molecule has 4 N–H and O–H groups in total. The average molecular weight is 436 g/mol. The summed E-state index contributed by atoms with van der Waals surface area (Å²) < 4.78 is 16.0. The molecule has 10 heteroatoms. The predicted octanol–water partition coefficient (Wildman–Crippen LogP) is 2.38. The number of esters is 1. The Bertz CT molecular complexity index is 1230. The van der Waals surface area contributed by atoms with E-state index in [1.54, 1.807) is 49.4 Å². The maximum absolute atomic E-state index is 12.7. The molecule has 0 saturated carbocycles. The van der Waals surface area contributed by atoms with Crippen molar-refractivity contribution in [2.75, 3.05) is 18.3 Å². The minimum absolute atomic E-state index is 0.00460. The second-order valence-electron chi connectivity index (χ2n) is 6.96. The van der Waals surface area contributed by atoms with E-state index in [0.29, 0.717) is 33.7 Å². The number of amides is 3. The molecule has 1 aliphatic rings. The standard InChI is InChI=1S/C22H20N4O6/c1-2-30-21(28)15-8-13-9-17-18(32-11-31-17)10-16(13)25-20(15)26(22(24)29)14-5-3-12(4-6-14)7-19(23)27/h3-6,8-10H,2,7,11H2,1H3,(H2,23,27)(H2,24,29). The van der Waals surface area contributed by atoms with E-state index in [9.17, 15) is 14.4 Å². The molecular weight excluding hydrogens is 416 g/mol. The monoisotopic (exact) mass is 436 g/mol. The highest BCUT2D eigenvalue weighted by molar-refractivity contribution is 6.07. The molecule has 3 amide bonds. The van der Waals surface area contributed by atoms with Crippen molar-refractivity contribution in [2.24, 2.45) is 11.5 Å². The molecule has 0 saturated heterocycles. The van der Waals surface area contributed by atoms with Gasteiger partial charge in [-0.2, -0.15) is 0 Å². The van der Waals surface area contributed by atoms with E-state index in [-0.39, 0.29) is 31.2 Å². The number of carbonyl (C=O) groups is 3. The lowest BCUT2D eigenvalue weighted by atomic mass is 10.1. The van der Waals surface area contributed by atoms with Crippen molar-refractivity contribution in [3.05, 3.63) is 53.6 Å². The van der Waals surface area contributed by atoms with E-state index in [1.165, 1.54) is 0 Å². The zero-order valence-corrected chi connectivity index (χ0v) is 17.2. The van der Waals surface area contributed by atoms with E-state index in [0.717, 1.165) is 4.90 Å². The molecule has 2 aromatic carbocycles. The van der Waals surface area contributed by atoms with Crippen molar-refractivity contribution < 1.29 is 28.6 Å². The molecule has 2 heterocycles. The van der Waals surface area contributed by atoms with Gasteiger partial charge in [-0.1, -0.05) is 12.1 Å². The van der Waals surface area contributed by atoms with Gasteiger partial charge in [0, 0.05) is 11.5 Å². The zero-order valence-electron chi connectivity index (χ0n) is 17.2. The average Bonchev–Trinajstić information content (AvgIpc) is 3.19. The van der Waals surface area contributed by atoms with Crippen molar-refractivity contribution in [1.29, 1.82) is 0 Å². The van der Waals surface area contributed by atoms with Crippen LogP contribution in [-0.4, -0.2) is 36.3 Å². The number of hydrogen-bond acceptors (Lipinski definition) is 7. The number of anilines is 2. The third-order valence-corrected chi connectivity index (χ3v) is 4.79. The molecule has 0 unspecified atom stereocenters. The van der Waals surface area contributed by atoms with Crippen LogP contribution in [0.25, 0.3) is 10.9 Å². The van der Waals surface area contributed by atoms with E-state index in [4.69, 9.17) is 25.7 Å². The Balaban J connectivity index is 1.87. The van der Waals surface area contributed by atoms with Gasteiger partial charge in [0.15, 0.2) is 17.3 Å². The van der Waals surface area contributed by atoms with Gasteiger partial charge in [0.25, 0.3) is 0 Å². The fourth-order valence-corrected chi connectivity index (χ4v) is 3.40. The van der Waals surface area contributed by atoms with Crippen LogP contribution in [0.5, 0.6) is 11.5 Å². The Morgan fingerprint density at radius 3 is 2.38 bits per heavy atom. The smallest absolute Gasteiger partial charge is 0.341 e.